The van der Waals surface area contributed by atoms with Gasteiger partial charge in [0.1, 0.15) is 6.04 Å². The van der Waals surface area contributed by atoms with Gasteiger partial charge in [-0.25, -0.2) is 4.79 Å². The summed E-state index contributed by atoms with van der Waals surface area (Å²) in [6, 6.07) is 6.83. The number of nitrogens with one attached hydrogen (secondary N) is 2. The van der Waals surface area contributed by atoms with E-state index in [1.54, 1.807) is 6.92 Å². The Kier molecular flexibility index (Phi) is 7.89. The van der Waals surface area contributed by atoms with Gasteiger partial charge in [0, 0.05) is 11.1 Å². The summed E-state index contributed by atoms with van der Waals surface area (Å²) in [5.41, 5.74) is 1.05. The van der Waals surface area contributed by atoms with E-state index in [-0.39, 0.29) is 24.5 Å². The van der Waals surface area contributed by atoms with E-state index >= 15 is 0 Å². The molecule has 0 radical (unpaired) electrons. The molecule has 128 valence electrons. The van der Waals surface area contributed by atoms with Crippen LogP contribution in [0.5, 0.6) is 0 Å². The number of rotatable bonds is 7. The molecule has 0 aromatic heterocycles. The molecule has 2 N–H and O–H groups in total. The van der Waals surface area contributed by atoms with Gasteiger partial charge in [0.2, 0.25) is 5.91 Å². The maximum atomic E-state index is 12.4. The zero-order valence-electron chi connectivity index (χ0n) is 14.1. The Morgan fingerprint density at radius 3 is 2.48 bits per heavy atom. The van der Waals surface area contributed by atoms with Crippen LogP contribution >= 0.6 is 11.6 Å². The molecule has 6 heteroatoms. The molecule has 1 aromatic rings. The average Bonchev–Trinajstić information content (AvgIpc) is 2.44. The van der Waals surface area contributed by atoms with Gasteiger partial charge in [0.05, 0.1) is 6.61 Å². The van der Waals surface area contributed by atoms with E-state index in [2.05, 4.69) is 10.6 Å². The minimum atomic E-state index is -0.629. The average molecular weight is 341 g/mol. The Bertz CT molecular complexity index is 534. The second-order valence-corrected chi connectivity index (χ2v) is 6.27. The van der Waals surface area contributed by atoms with Gasteiger partial charge in [-0.05, 0) is 43.9 Å². The first-order valence-electron chi connectivity index (χ1n) is 7.81. The number of carbonyl (C=O) groups excluding carboxylic acids is 2. The Balaban J connectivity index is 2.61. The zero-order chi connectivity index (χ0) is 17.4. The Hall–Kier alpha value is -1.75. The molecule has 0 saturated carbocycles. The molecule has 1 aromatic carbocycles. The first kappa shape index (κ1) is 19.3. The van der Waals surface area contributed by atoms with Gasteiger partial charge in [-0.2, -0.15) is 0 Å². The van der Waals surface area contributed by atoms with Crippen LogP contribution in [0.25, 0.3) is 0 Å². The van der Waals surface area contributed by atoms with Crippen molar-refractivity contribution in [3.63, 3.8) is 0 Å². The maximum Gasteiger partial charge on any atom is 0.407 e. The lowest BCUT2D eigenvalue weighted by Gasteiger charge is -2.23. The van der Waals surface area contributed by atoms with E-state index in [9.17, 15) is 9.59 Å². The molecule has 0 saturated heterocycles. The first-order chi connectivity index (χ1) is 10.8. The molecular formula is C17H25ClN2O3. The fourth-order valence-corrected chi connectivity index (χ4v) is 2.45. The molecule has 0 unspecified atom stereocenters. The quantitative estimate of drug-likeness (QED) is 0.801. The lowest BCUT2D eigenvalue weighted by molar-refractivity contribution is -0.124. The molecule has 0 aliphatic carbocycles. The van der Waals surface area contributed by atoms with Crippen LogP contribution in [0.4, 0.5) is 4.79 Å². The van der Waals surface area contributed by atoms with E-state index in [0.29, 0.717) is 11.4 Å². The molecular weight excluding hydrogens is 316 g/mol. The predicted molar refractivity (Wildman–Crippen MR) is 91.5 cm³/mol. The van der Waals surface area contributed by atoms with E-state index in [1.165, 1.54) is 0 Å². The van der Waals surface area contributed by atoms with Gasteiger partial charge in [0.15, 0.2) is 0 Å². The topological polar surface area (TPSA) is 67.4 Å². The summed E-state index contributed by atoms with van der Waals surface area (Å²) in [5, 5.41) is 6.20. The summed E-state index contributed by atoms with van der Waals surface area (Å²) in [4.78, 5) is 23.9. The Morgan fingerprint density at radius 1 is 1.22 bits per heavy atom. The Morgan fingerprint density at radius 2 is 1.91 bits per heavy atom. The molecule has 0 spiro atoms. The summed E-state index contributed by atoms with van der Waals surface area (Å²) in [6.45, 7) is 7.65. The van der Waals surface area contributed by atoms with Crippen molar-refractivity contribution in [1.29, 1.82) is 0 Å². The highest BCUT2D eigenvalue weighted by molar-refractivity contribution is 6.30. The van der Waals surface area contributed by atoms with Crippen LogP contribution in [0, 0.1) is 5.92 Å². The molecule has 2 amide bonds. The summed E-state index contributed by atoms with van der Waals surface area (Å²) < 4.78 is 4.84. The van der Waals surface area contributed by atoms with Crippen LogP contribution in [0.2, 0.25) is 5.02 Å². The fraction of sp³-hybridized carbons (Fsp3) is 0.529. The molecule has 0 bridgehead atoms. The van der Waals surface area contributed by atoms with Crippen molar-refractivity contribution >= 4 is 23.6 Å². The molecule has 2 atom stereocenters. The van der Waals surface area contributed by atoms with Gasteiger partial charge in [-0.3, -0.25) is 4.79 Å². The lowest BCUT2D eigenvalue weighted by atomic mass is 10.0. The summed E-state index contributed by atoms with van der Waals surface area (Å²) in [7, 11) is 0. The molecule has 0 aliphatic rings. The molecule has 0 aliphatic heterocycles. The predicted octanol–water partition coefficient (Wildman–Crippen LogP) is 3.16. The van der Waals surface area contributed by atoms with Crippen LogP contribution in [-0.2, 0) is 16.0 Å². The van der Waals surface area contributed by atoms with Gasteiger partial charge in [-0.15, -0.1) is 0 Å². The molecule has 1 rings (SSSR count). The third kappa shape index (κ3) is 6.91. The molecule has 0 fully saturated rings. The first-order valence-corrected chi connectivity index (χ1v) is 8.19. The highest BCUT2D eigenvalue weighted by atomic mass is 35.5. The lowest BCUT2D eigenvalue weighted by Crippen LogP contribution is -2.52. The van der Waals surface area contributed by atoms with Crippen LogP contribution in [0.15, 0.2) is 24.3 Å². The molecule has 0 heterocycles. The number of alkyl carbamates (subject to hydrolysis) is 1. The van der Waals surface area contributed by atoms with Crippen LogP contribution < -0.4 is 10.6 Å². The Labute approximate surface area is 142 Å². The number of halogens is 1. The fourth-order valence-electron chi connectivity index (χ4n) is 2.24. The van der Waals surface area contributed by atoms with Crippen LogP contribution in [-0.4, -0.2) is 30.7 Å². The second kappa shape index (κ2) is 9.40. The number of carbonyl (C=O) groups is 2. The number of ether oxygens (including phenoxy) is 1. The number of hydrogen-bond acceptors (Lipinski definition) is 3. The van der Waals surface area contributed by atoms with E-state index < -0.39 is 12.1 Å². The maximum absolute atomic E-state index is 12.4. The van der Waals surface area contributed by atoms with E-state index in [0.717, 1.165) is 5.56 Å². The van der Waals surface area contributed by atoms with Gasteiger partial charge in [0.25, 0.3) is 0 Å². The monoisotopic (exact) mass is 340 g/mol. The standard InChI is InChI=1S/C17H25ClN2O3/c1-5-23-17(22)20-15(11(2)3)16(21)19-12(4)9-13-7-6-8-14(18)10-13/h6-8,10-12,15H,5,9H2,1-4H3,(H,19,21)(H,20,22)/t12-,15-/m0/s1. The third-order valence-electron chi connectivity index (χ3n) is 3.32. The van der Waals surface area contributed by atoms with Gasteiger partial charge in [-0.1, -0.05) is 37.6 Å². The van der Waals surface area contributed by atoms with Crippen LogP contribution in [0.1, 0.15) is 33.3 Å². The van der Waals surface area contributed by atoms with Crippen LogP contribution in [0.3, 0.4) is 0 Å². The van der Waals surface area contributed by atoms with Crippen molar-refractivity contribution < 1.29 is 14.3 Å². The van der Waals surface area contributed by atoms with E-state index in [1.807, 2.05) is 45.0 Å². The third-order valence-corrected chi connectivity index (χ3v) is 3.55. The summed E-state index contributed by atoms with van der Waals surface area (Å²) in [6.07, 6.45) is 0.0834. The SMILES string of the molecule is CCOC(=O)N[C@H](C(=O)N[C@@H](C)Cc1cccc(Cl)c1)C(C)C. The number of hydrogen-bond donors (Lipinski definition) is 2. The number of amides is 2. The zero-order valence-corrected chi connectivity index (χ0v) is 14.8. The highest BCUT2D eigenvalue weighted by Gasteiger charge is 2.25. The highest BCUT2D eigenvalue weighted by Crippen LogP contribution is 2.12. The van der Waals surface area contributed by atoms with Crippen molar-refractivity contribution in [2.24, 2.45) is 5.92 Å². The summed E-state index contributed by atoms with van der Waals surface area (Å²) in [5.74, 6) is -0.264. The molecule has 5 nitrogen and oxygen atoms in total. The number of benzene rings is 1. The molecule has 23 heavy (non-hydrogen) atoms. The normalized spacial score (nSPS) is 13.3. The largest absolute Gasteiger partial charge is 0.450 e. The van der Waals surface area contributed by atoms with Crippen molar-refractivity contribution in [3.05, 3.63) is 34.9 Å². The van der Waals surface area contributed by atoms with Crippen molar-refractivity contribution in [2.45, 2.75) is 46.2 Å². The van der Waals surface area contributed by atoms with Crippen molar-refractivity contribution in [1.82, 2.24) is 10.6 Å². The smallest absolute Gasteiger partial charge is 0.407 e. The summed E-state index contributed by atoms with van der Waals surface area (Å²) >= 11 is 5.96. The van der Waals surface area contributed by atoms with Gasteiger partial charge >= 0.3 is 6.09 Å². The second-order valence-electron chi connectivity index (χ2n) is 5.83. The van der Waals surface area contributed by atoms with E-state index in [4.69, 9.17) is 16.3 Å². The van der Waals surface area contributed by atoms with Crippen molar-refractivity contribution in [3.8, 4) is 0 Å². The van der Waals surface area contributed by atoms with Gasteiger partial charge < -0.3 is 15.4 Å². The minimum absolute atomic E-state index is 0.0437. The van der Waals surface area contributed by atoms with Crippen molar-refractivity contribution in [2.75, 3.05) is 6.61 Å². The minimum Gasteiger partial charge on any atom is -0.450 e.